The van der Waals surface area contributed by atoms with Gasteiger partial charge in [0, 0.05) is 25.0 Å². The Hall–Kier alpha value is -2.62. The first-order chi connectivity index (χ1) is 11.3. The van der Waals surface area contributed by atoms with Crippen molar-refractivity contribution in [2.24, 2.45) is 0 Å². The Balaban J connectivity index is 0.000000220. The van der Waals surface area contributed by atoms with Gasteiger partial charge in [-0.05, 0) is 31.9 Å². The summed E-state index contributed by atoms with van der Waals surface area (Å²) in [4.78, 5) is 11.1. The van der Waals surface area contributed by atoms with E-state index in [0.717, 1.165) is 18.2 Å². The average Bonchev–Trinajstić information content (AvgIpc) is 3.29. The van der Waals surface area contributed by atoms with Gasteiger partial charge in [-0.1, -0.05) is 42.5 Å². The standard InChI is InChI=1S/C13H16N4.C6H6/c1-11-4-3-8-17(11)13-6-2-5-12(15-13)16-9-7-14-10-16;1-2-4-6-5-3-1/h2,5-7,9-11H,3-4,8H2,1H3;1-6H. The van der Waals surface area contributed by atoms with Crippen LogP contribution in [0.25, 0.3) is 5.82 Å². The number of benzene rings is 1. The topological polar surface area (TPSA) is 34.0 Å². The van der Waals surface area contributed by atoms with Crippen molar-refractivity contribution in [3.05, 3.63) is 73.3 Å². The van der Waals surface area contributed by atoms with Crippen molar-refractivity contribution >= 4 is 5.82 Å². The zero-order valence-corrected chi connectivity index (χ0v) is 13.4. The lowest BCUT2D eigenvalue weighted by molar-refractivity contribution is 0.726. The third-order valence-corrected chi connectivity index (χ3v) is 4.00. The Morgan fingerprint density at radius 2 is 1.65 bits per heavy atom. The molecule has 0 saturated carbocycles. The van der Waals surface area contributed by atoms with Crippen LogP contribution in [-0.2, 0) is 0 Å². The van der Waals surface area contributed by atoms with E-state index in [2.05, 4.69) is 28.9 Å². The number of anilines is 1. The van der Waals surface area contributed by atoms with E-state index in [9.17, 15) is 0 Å². The fourth-order valence-corrected chi connectivity index (χ4v) is 2.77. The van der Waals surface area contributed by atoms with Gasteiger partial charge in [0.05, 0.1) is 0 Å². The maximum absolute atomic E-state index is 4.70. The van der Waals surface area contributed by atoms with E-state index in [1.54, 1.807) is 12.5 Å². The smallest absolute Gasteiger partial charge is 0.140 e. The monoisotopic (exact) mass is 306 g/mol. The van der Waals surface area contributed by atoms with Gasteiger partial charge in [0.2, 0.25) is 0 Å². The molecule has 3 heterocycles. The van der Waals surface area contributed by atoms with Gasteiger partial charge in [-0.25, -0.2) is 9.97 Å². The molecule has 0 amide bonds. The van der Waals surface area contributed by atoms with Gasteiger partial charge >= 0.3 is 0 Å². The molecule has 23 heavy (non-hydrogen) atoms. The molecular weight excluding hydrogens is 284 g/mol. The van der Waals surface area contributed by atoms with Crippen molar-refractivity contribution in [2.45, 2.75) is 25.8 Å². The van der Waals surface area contributed by atoms with Crippen LogP contribution in [0.1, 0.15) is 19.8 Å². The second kappa shape index (κ2) is 7.58. The number of aromatic nitrogens is 3. The molecule has 4 nitrogen and oxygen atoms in total. The molecule has 1 aliphatic heterocycles. The van der Waals surface area contributed by atoms with Crippen LogP contribution in [0.2, 0.25) is 0 Å². The quantitative estimate of drug-likeness (QED) is 0.719. The van der Waals surface area contributed by atoms with Gasteiger partial charge in [0.1, 0.15) is 18.0 Å². The fraction of sp³-hybridized carbons (Fsp3) is 0.263. The molecule has 1 atom stereocenters. The lowest BCUT2D eigenvalue weighted by atomic mass is 10.2. The Bertz CT molecular complexity index is 668. The van der Waals surface area contributed by atoms with Gasteiger partial charge in [-0.3, -0.25) is 4.57 Å². The second-order valence-electron chi connectivity index (χ2n) is 5.66. The maximum atomic E-state index is 4.70. The van der Waals surface area contributed by atoms with Crippen LogP contribution >= 0.6 is 0 Å². The van der Waals surface area contributed by atoms with Gasteiger partial charge < -0.3 is 4.90 Å². The van der Waals surface area contributed by atoms with Crippen LogP contribution in [0.3, 0.4) is 0 Å². The highest BCUT2D eigenvalue weighted by molar-refractivity contribution is 5.44. The van der Waals surface area contributed by atoms with Crippen LogP contribution in [0.15, 0.2) is 73.3 Å². The predicted octanol–water partition coefficient (Wildman–Crippen LogP) is 3.94. The molecule has 1 aromatic carbocycles. The zero-order chi connectivity index (χ0) is 15.9. The molecule has 1 aliphatic rings. The van der Waals surface area contributed by atoms with E-state index in [-0.39, 0.29) is 0 Å². The summed E-state index contributed by atoms with van der Waals surface area (Å²) < 4.78 is 1.93. The SMILES string of the molecule is CC1CCCN1c1cccc(-n2ccnc2)n1.c1ccccc1. The highest BCUT2D eigenvalue weighted by atomic mass is 15.2. The number of nitrogens with zero attached hydrogens (tertiary/aromatic N) is 4. The largest absolute Gasteiger partial charge is 0.354 e. The molecule has 4 rings (SSSR count). The summed E-state index contributed by atoms with van der Waals surface area (Å²) in [6.07, 6.45) is 7.99. The number of hydrogen-bond donors (Lipinski definition) is 0. The normalized spacial score (nSPS) is 16.7. The van der Waals surface area contributed by atoms with Gasteiger partial charge in [-0.15, -0.1) is 0 Å². The lowest BCUT2D eigenvalue weighted by Gasteiger charge is -2.22. The fourth-order valence-electron chi connectivity index (χ4n) is 2.77. The minimum absolute atomic E-state index is 0.598. The Kier molecular flexibility index (Phi) is 5.04. The maximum Gasteiger partial charge on any atom is 0.140 e. The van der Waals surface area contributed by atoms with E-state index >= 15 is 0 Å². The molecule has 1 saturated heterocycles. The van der Waals surface area contributed by atoms with Crippen molar-refractivity contribution in [2.75, 3.05) is 11.4 Å². The first-order valence-electron chi connectivity index (χ1n) is 8.06. The first kappa shape index (κ1) is 15.3. The molecule has 3 aromatic rings. The highest BCUT2D eigenvalue weighted by Gasteiger charge is 2.21. The average molecular weight is 306 g/mol. The molecule has 4 heteroatoms. The molecule has 0 radical (unpaired) electrons. The van der Waals surface area contributed by atoms with Crippen LogP contribution < -0.4 is 4.90 Å². The predicted molar refractivity (Wildman–Crippen MR) is 93.8 cm³/mol. The molecule has 1 unspecified atom stereocenters. The van der Waals surface area contributed by atoms with Crippen LogP contribution in [0.5, 0.6) is 0 Å². The van der Waals surface area contributed by atoms with E-state index in [1.807, 2.05) is 53.2 Å². The molecule has 0 bridgehead atoms. The third-order valence-electron chi connectivity index (χ3n) is 4.00. The van der Waals surface area contributed by atoms with Gasteiger partial charge in [0.15, 0.2) is 0 Å². The summed E-state index contributed by atoms with van der Waals surface area (Å²) in [5.74, 6) is 2.00. The van der Waals surface area contributed by atoms with Crippen LogP contribution in [0, 0.1) is 0 Å². The van der Waals surface area contributed by atoms with E-state index in [0.29, 0.717) is 6.04 Å². The highest BCUT2D eigenvalue weighted by Crippen LogP contribution is 2.24. The van der Waals surface area contributed by atoms with Crippen molar-refractivity contribution in [3.8, 4) is 5.82 Å². The molecule has 0 spiro atoms. The summed E-state index contributed by atoms with van der Waals surface area (Å²) in [7, 11) is 0. The Labute approximate surface area is 137 Å². The van der Waals surface area contributed by atoms with Crippen LogP contribution in [-0.4, -0.2) is 27.1 Å². The van der Waals surface area contributed by atoms with E-state index in [4.69, 9.17) is 4.98 Å². The molecular formula is C19H22N4. The molecule has 0 N–H and O–H groups in total. The van der Waals surface area contributed by atoms with E-state index < -0.39 is 0 Å². The summed E-state index contributed by atoms with van der Waals surface area (Å²) in [6.45, 7) is 3.38. The molecule has 118 valence electrons. The Morgan fingerprint density at radius 1 is 0.957 bits per heavy atom. The summed E-state index contributed by atoms with van der Waals surface area (Å²) >= 11 is 0. The van der Waals surface area contributed by atoms with Crippen LogP contribution in [0.4, 0.5) is 5.82 Å². The van der Waals surface area contributed by atoms with E-state index in [1.165, 1.54) is 12.8 Å². The third kappa shape index (κ3) is 3.97. The lowest BCUT2D eigenvalue weighted by Crippen LogP contribution is -2.27. The van der Waals surface area contributed by atoms with Crippen molar-refractivity contribution in [1.82, 2.24) is 14.5 Å². The minimum atomic E-state index is 0.598. The molecule has 0 aliphatic carbocycles. The number of imidazole rings is 1. The van der Waals surface area contributed by atoms with Crippen molar-refractivity contribution < 1.29 is 0 Å². The number of pyridine rings is 1. The van der Waals surface area contributed by atoms with Gasteiger partial charge in [0.25, 0.3) is 0 Å². The van der Waals surface area contributed by atoms with Gasteiger partial charge in [-0.2, -0.15) is 0 Å². The van der Waals surface area contributed by atoms with Crippen molar-refractivity contribution in [1.29, 1.82) is 0 Å². The molecule has 1 fully saturated rings. The molecule has 2 aromatic heterocycles. The minimum Gasteiger partial charge on any atom is -0.354 e. The Morgan fingerprint density at radius 3 is 2.22 bits per heavy atom. The number of hydrogen-bond acceptors (Lipinski definition) is 3. The summed E-state index contributed by atoms with van der Waals surface area (Å²) in [5.41, 5.74) is 0. The number of rotatable bonds is 2. The zero-order valence-electron chi connectivity index (χ0n) is 13.4. The van der Waals surface area contributed by atoms with Crippen molar-refractivity contribution in [3.63, 3.8) is 0 Å². The second-order valence-corrected chi connectivity index (χ2v) is 5.66. The first-order valence-corrected chi connectivity index (χ1v) is 8.06. The summed E-state index contributed by atoms with van der Waals surface area (Å²) in [5, 5.41) is 0. The summed E-state index contributed by atoms with van der Waals surface area (Å²) in [6, 6.07) is 18.7.